The van der Waals surface area contributed by atoms with Gasteiger partial charge < -0.3 is 15.0 Å². The van der Waals surface area contributed by atoms with E-state index in [1.807, 2.05) is 11.8 Å². The number of carbonyl (C=O) groups is 1. The van der Waals surface area contributed by atoms with Gasteiger partial charge in [-0.3, -0.25) is 4.79 Å². The van der Waals surface area contributed by atoms with E-state index in [-0.39, 0.29) is 18.1 Å². The van der Waals surface area contributed by atoms with E-state index in [0.717, 1.165) is 32.5 Å². The Hall–Kier alpha value is -0.610. The van der Waals surface area contributed by atoms with Crippen molar-refractivity contribution in [3.05, 3.63) is 0 Å². The van der Waals surface area contributed by atoms with Gasteiger partial charge in [0.1, 0.15) is 6.10 Å². The summed E-state index contributed by atoms with van der Waals surface area (Å²) in [6, 6.07) is 0.279. The summed E-state index contributed by atoms with van der Waals surface area (Å²) in [5.74, 6) is 0.165. The van der Waals surface area contributed by atoms with Crippen LogP contribution in [-0.2, 0) is 9.53 Å². The Balaban J connectivity index is 1.83. The van der Waals surface area contributed by atoms with Gasteiger partial charge in [-0.15, -0.1) is 0 Å². The first-order chi connectivity index (χ1) is 9.18. The number of amides is 1. The lowest BCUT2D eigenvalue weighted by atomic mass is 10.1. The molecule has 1 heterocycles. The van der Waals surface area contributed by atoms with Crippen LogP contribution in [0.4, 0.5) is 0 Å². The van der Waals surface area contributed by atoms with Gasteiger partial charge in [0.05, 0.1) is 6.10 Å². The number of hydrogen-bond donors (Lipinski definition) is 1. The molecule has 0 radical (unpaired) electrons. The average molecular weight is 268 g/mol. The van der Waals surface area contributed by atoms with E-state index in [9.17, 15) is 4.79 Å². The Morgan fingerprint density at radius 1 is 1.26 bits per heavy atom. The van der Waals surface area contributed by atoms with E-state index >= 15 is 0 Å². The normalized spacial score (nSPS) is 27.9. The third-order valence-electron chi connectivity index (χ3n) is 4.33. The van der Waals surface area contributed by atoms with Crippen LogP contribution in [0.15, 0.2) is 0 Å². The largest absolute Gasteiger partial charge is 0.365 e. The fraction of sp³-hybridized carbons (Fsp3) is 0.933. The van der Waals surface area contributed by atoms with Crippen LogP contribution in [0.1, 0.15) is 52.4 Å². The van der Waals surface area contributed by atoms with Crippen LogP contribution in [-0.4, -0.2) is 48.7 Å². The maximum atomic E-state index is 12.4. The molecule has 2 atom stereocenters. The maximum absolute atomic E-state index is 12.4. The van der Waals surface area contributed by atoms with Gasteiger partial charge in [0.2, 0.25) is 0 Å². The van der Waals surface area contributed by atoms with Crippen molar-refractivity contribution in [3.8, 4) is 0 Å². The van der Waals surface area contributed by atoms with Gasteiger partial charge in [-0.1, -0.05) is 25.7 Å². The molecule has 0 bridgehead atoms. The number of carbonyl (C=O) groups excluding carboxylic acids is 1. The summed E-state index contributed by atoms with van der Waals surface area (Å²) in [7, 11) is 0. The molecule has 2 fully saturated rings. The second kappa shape index (κ2) is 7.25. The summed E-state index contributed by atoms with van der Waals surface area (Å²) >= 11 is 0. The Kier molecular flexibility index (Phi) is 5.64. The highest BCUT2D eigenvalue weighted by Crippen LogP contribution is 2.21. The first-order valence-electron chi connectivity index (χ1n) is 7.85. The van der Waals surface area contributed by atoms with Crippen molar-refractivity contribution in [1.29, 1.82) is 0 Å². The van der Waals surface area contributed by atoms with Crippen molar-refractivity contribution in [2.24, 2.45) is 0 Å². The molecule has 1 saturated heterocycles. The predicted octanol–water partition coefficient (Wildman–Crippen LogP) is 1.93. The topological polar surface area (TPSA) is 41.6 Å². The molecule has 1 saturated carbocycles. The van der Waals surface area contributed by atoms with Crippen molar-refractivity contribution >= 4 is 5.91 Å². The van der Waals surface area contributed by atoms with E-state index in [0.29, 0.717) is 6.10 Å². The van der Waals surface area contributed by atoms with Gasteiger partial charge >= 0.3 is 0 Å². The zero-order valence-electron chi connectivity index (χ0n) is 12.4. The van der Waals surface area contributed by atoms with E-state index in [1.165, 1.54) is 25.7 Å². The molecule has 0 aromatic rings. The van der Waals surface area contributed by atoms with Gasteiger partial charge in [-0.2, -0.15) is 0 Å². The quantitative estimate of drug-likeness (QED) is 0.795. The molecule has 1 N–H and O–H groups in total. The van der Waals surface area contributed by atoms with Crippen LogP contribution in [0.25, 0.3) is 0 Å². The van der Waals surface area contributed by atoms with Gasteiger partial charge in [0, 0.05) is 25.7 Å². The third-order valence-corrected chi connectivity index (χ3v) is 4.33. The van der Waals surface area contributed by atoms with Crippen LogP contribution in [0, 0.1) is 0 Å². The lowest BCUT2D eigenvalue weighted by Gasteiger charge is -2.36. The second-order valence-corrected chi connectivity index (χ2v) is 5.98. The maximum Gasteiger partial charge on any atom is 0.251 e. The Morgan fingerprint density at radius 2 is 1.95 bits per heavy atom. The standard InChI is InChI=1S/C15H28N2O2/c1-12-11-16-9-10-17(12)15(18)13(2)19-14-7-5-3-4-6-8-14/h12-14,16H,3-11H2,1-2H3/t12-,13?/m0/s1. The molecule has 0 aromatic carbocycles. The molecule has 1 unspecified atom stereocenters. The fourth-order valence-electron chi connectivity index (χ4n) is 3.13. The predicted molar refractivity (Wildman–Crippen MR) is 76.1 cm³/mol. The van der Waals surface area contributed by atoms with Crippen LogP contribution < -0.4 is 5.32 Å². The summed E-state index contributed by atoms with van der Waals surface area (Å²) in [6.07, 6.45) is 7.37. The fourth-order valence-corrected chi connectivity index (χ4v) is 3.13. The summed E-state index contributed by atoms with van der Waals surface area (Å²) in [4.78, 5) is 14.4. The van der Waals surface area contributed by atoms with E-state index < -0.39 is 0 Å². The average Bonchev–Trinajstić information content (AvgIpc) is 2.67. The number of rotatable bonds is 3. The highest BCUT2D eigenvalue weighted by molar-refractivity contribution is 5.81. The first kappa shape index (κ1) is 14.8. The van der Waals surface area contributed by atoms with Crippen molar-refractivity contribution in [2.45, 2.75) is 70.6 Å². The highest BCUT2D eigenvalue weighted by atomic mass is 16.5. The minimum Gasteiger partial charge on any atom is -0.365 e. The lowest BCUT2D eigenvalue weighted by Crippen LogP contribution is -2.55. The molecule has 2 aliphatic rings. The third kappa shape index (κ3) is 4.18. The van der Waals surface area contributed by atoms with Crippen LogP contribution >= 0.6 is 0 Å². The highest BCUT2D eigenvalue weighted by Gasteiger charge is 2.29. The summed E-state index contributed by atoms with van der Waals surface area (Å²) in [5.41, 5.74) is 0. The summed E-state index contributed by atoms with van der Waals surface area (Å²) in [5, 5.41) is 3.31. The number of nitrogens with one attached hydrogen (secondary N) is 1. The van der Waals surface area contributed by atoms with Crippen LogP contribution in [0.3, 0.4) is 0 Å². The van der Waals surface area contributed by atoms with Crippen molar-refractivity contribution < 1.29 is 9.53 Å². The first-order valence-corrected chi connectivity index (χ1v) is 7.85. The van der Waals surface area contributed by atoms with Gasteiger partial charge in [-0.05, 0) is 26.7 Å². The zero-order valence-corrected chi connectivity index (χ0v) is 12.4. The van der Waals surface area contributed by atoms with Crippen molar-refractivity contribution in [2.75, 3.05) is 19.6 Å². The van der Waals surface area contributed by atoms with Crippen molar-refractivity contribution in [1.82, 2.24) is 10.2 Å². The van der Waals surface area contributed by atoms with E-state index in [1.54, 1.807) is 0 Å². The minimum atomic E-state index is -0.288. The smallest absolute Gasteiger partial charge is 0.251 e. The van der Waals surface area contributed by atoms with Gasteiger partial charge in [0.15, 0.2) is 0 Å². The SMILES string of the molecule is CC(OC1CCCCCC1)C(=O)N1CCNC[C@@H]1C. The van der Waals surface area contributed by atoms with E-state index in [2.05, 4.69) is 12.2 Å². The zero-order chi connectivity index (χ0) is 13.7. The Morgan fingerprint density at radius 3 is 2.58 bits per heavy atom. The molecule has 2 rings (SSSR count). The number of hydrogen-bond acceptors (Lipinski definition) is 3. The number of ether oxygens (including phenoxy) is 1. The molecule has 19 heavy (non-hydrogen) atoms. The number of nitrogens with zero attached hydrogens (tertiary/aromatic N) is 1. The molecule has 0 aromatic heterocycles. The molecular formula is C15H28N2O2. The molecule has 1 aliphatic carbocycles. The monoisotopic (exact) mass is 268 g/mol. The molecule has 110 valence electrons. The second-order valence-electron chi connectivity index (χ2n) is 5.98. The molecule has 1 aliphatic heterocycles. The van der Waals surface area contributed by atoms with Crippen molar-refractivity contribution in [3.63, 3.8) is 0 Å². The summed E-state index contributed by atoms with van der Waals surface area (Å²) < 4.78 is 6.02. The van der Waals surface area contributed by atoms with Crippen LogP contribution in [0.2, 0.25) is 0 Å². The molecule has 1 amide bonds. The summed E-state index contributed by atoms with van der Waals surface area (Å²) in [6.45, 7) is 6.61. The van der Waals surface area contributed by atoms with E-state index in [4.69, 9.17) is 4.74 Å². The molecule has 4 heteroatoms. The Bertz CT molecular complexity index is 288. The lowest BCUT2D eigenvalue weighted by molar-refractivity contribution is -0.149. The molecular weight excluding hydrogens is 240 g/mol. The molecule has 0 spiro atoms. The minimum absolute atomic E-state index is 0.165. The number of piperazine rings is 1. The Labute approximate surface area is 116 Å². The van der Waals surface area contributed by atoms with Crippen LogP contribution in [0.5, 0.6) is 0 Å². The molecule has 4 nitrogen and oxygen atoms in total. The van der Waals surface area contributed by atoms with Gasteiger partial charge in [-0.25, -0.2) is 0 Å². The van der Waals surface area contributed by atoms with Gasteiger partial charge in [0.25, 0.3) is 5.91 Å².